The summed E-state index contributed by atoms with van der Waals surface area (Å²) in [6, 6.07) is 12.7. The second-order valence-corrected chi connectivity index (χ2v) is 5.46. The first-order chi connectivity index (χ1) is 12.0. The van der Waals surface area contributed by atoms with Crippen LogP contribution in [0.1, 0.15) is 17.6 Å². The summed E-state index contributed by atoms with van der Waals surface area (Å²) in [4.78, 5) is 26.8. The van der Waals surface area contributed by atoms with Crippen LogP contribution < -0.4 is 10.6 Å². The Labute approximate surface area is 142 Å². The molecule has 3 N–H and O–H groups in total. The molecule has 0 fully saturated rings. The van der Waals surface area contributed by atoms with E-state index in [-0.39, 0.29) is 12.1 Å². The van der Waals surface area contributed by atoms with Crippen LogP contribution in [0.3, 0.4) is 0 Å². The van der Waals surface area contributed by atoms with Gasteiger partial charge in [-0.05, 0) is 35.9 Å². The van der Waals surface area contributed by atoms with Crippen molar-refractivity contribution in [2.45, 2.75) is 13.0 Å². The second kappa shape index (κ2) is 7.12. The summed E-state index contributed by atoms with van der Waals surface area (Å²) in [5, 5.41) is 5.82. The zero-order valence-electron chi connectivity index (χ0n) is 13.1. The second-order valence-electron chi connectivity index (χ2n) is 5.46. The SMILES string of the molecule is O=C(NCc1cccc(C(F)F)c1)C(=O)Nc1ccc2[nH]ccc2c1. The van der Waals surface area contributed by atoms with Gasteiger partial charge in [-0.2, -0.15) is 0 Å². The van der Waals surface area contributed by atoms with Crippen molar-refractivity contribution in [3.8, 4) is 0 Å². The molecular weight excluding hydrogens is 328 g/mol. The average molecular weight is 343 g/mol. The number of aromatic nitrogens is 1. The molecule has 0 saturated heterocycles. The van der Waals surface area contributed by atoms with E-state index < -0.39 is 18.2 Å². The number of amides is 2. The van der Waals surface area contributed by atoms with E-state index in [4.69, 9.17) is 0 Å². The van der Waals surface area contributed by atoms with E-state index in [1.165, 1.54) is 18.2 Å². The molecule has 0 unspecified atom stereocenters. The summed E-state index contributed by atoms with van der Waals surface area (Å²) in [7, 11) is 0. The monoisotopic (exact) mass is 343 g/mol. The Bertz CT molecular complexity index is 921. The van der Waals surface area contributed by atoms with Gasteiger partial charge in [-0.3, -0.25) is 9.59 Å². The van der Waals surface area contributed by atoms with Crippen LogP contribution in [-0.4, -0.2) is 16.8 Å². The van der Waals surface area contributed by atoms with E-state index in [1.54, 1.807) is 30.5 Å². The lowest BCUT2D eigenvalue weighted by Gasteiger charge is -2.08. The van der Waals surface area contributed by atoms with Gasteiger partial charge >= 0.3 is 11.8 Å². The number of aromatic amines is 1. The van der Waals surface area contributed by atoms with Gasteiger partial charge in [0.2, 0.25) is 0 Å². The van der Waals surface area contributed by atoms with Crippen molar-refractivity contribution < 1.29 is 18.4 Å². The maximum atomic E-state index is 12.7. The predicted octanol–water partition coefficient (Wildman–Crippen LogP) is 3.36. The number of anilines is 1. The third-order valence-corrected chi connectivity index (χ3v) is 3.67. The number of benzene rings is 2. The molecule has 25 heavy (non-hydrogen) atoms. The Balaban J connectivity index is 1.59. The highest BCUT2D eigenvalue weighted by atomic mass is 19.3. The van der Waals surface area contributed by atoms with Gasteiger partial charge in [0, 0.05) is 34.9 Å². The first kappa shape index (κ1) is 16.6. The van der Waals surface area contributed by atoms with Crippen molar-refractivity contribution in [1.29, 1.82) is 0 Å². The maximum Gasteiger partial charge on any atom is 0.313 e. The minimum atomic E-state index is -2.58. The van der Waals surface area contributed by atoms with Crippen LogP contribution in [0, 0.1) is 0 Å². The third-order valence-electron chi connectivity index (χ3n) is 3.67. The summed E-state index contributed by atoms with van der Waals surface area (Å²) < 4.78 is 25.3. The lowest BCUT2D eigenvalue weighted by molar-refractivity contribution is -0.136. The number of halogens is 2. The summed E-state index contributed by atoms with van der Waals surface area (Å²) >= 11 is 0. The normalized spacial score (nSPS) is 10.8. The minimum Gasteiger partial charge on any atom is -0.361 e. The Kier molecular flexibility index (Phi) is 4.74. The van der Waals surface area contributed by atoms with Crippen molar-refractivity contribution in [2.75, 3.05) is 5.32 Å². The fraction of sp³-hybridized carbons (Fsp3) is 0.111. The number of hydrogen-bond acceptors (Lipinski definition) is 2. The predicted molar refractivity (Wildman–Crippen MR) is 90.2 cm³/mol. The van der Waals surface area contributed by atoms with Crippen molar-refractivity contribution in [3.05, 3.63) is 65.9 Å². The first-order valence-electron chi connectivity index (χ1n) is 7.56. The molecule has 0 aliphatic rings. The van der Waals surface area contributed by atoms with Crippen LogP contribution in [0.2, 0.25) is 0 Å². The van der Waals surface area contributed by atoms with Gasteiger partial charge in [0.1, 0.15) is 0 Å². The number of fused-ring (bicyclic) bond motifs is 1. The first-order valence-corrected chi connectivity index (χ1v) is 7.56. The fourth-order valence-corrected chi connectivity index (χ4v) is 2.42. The summed E-state index contributed by atoms with van der Waals surface area (Å²) in [6.45, 7) is -0.0103. The van der Waals surface area contributed by atoms with E-state index in [0.717, 1.165) is 10.9 Å². The van der Waals surface area contributed by atoms with E-state index in [9.17, 15) is 18.4 Å². The smallest absolute Gasteiger partial charge is 0.313 e. The summed E-state index contributed by atoms with van der Waals surface area (Å²) in [6.07, 6.45) is -0.807. The van der Waals surface area contributed by atoms with E-state index in [2.05, 4.69) is 15.6 Å². The van der Waals surface area contributed by atoms with Crippen LogP contribution >= 0.6 is 0 Å². The molecule has 0 aliphatic heterocycles. The third kappa shape index (κ3) is 4.00. The van der Waals surface area contributed by atoms with E-state index in [1.807, 2.05) is 6.07 Å². The van der Waals surface area contributed by atoms with Crippen molar-refractivity contribution in [1.82, 2.24) is 10.3 Å². The standard InChI is InChI=1S/C18H15F2N3O2/c19-16(20)13-3-1-2-11(8-13)10-22-17(24)18(25)23-14-4-5-15-12(9-14)6-7-21-15/h1-9,16,21H,10H2,(H,22,24)(H,23,25). The molecule has 0 bridgehead atoms. The number of alkyl halides is 2. The number of carbonyl (C=O) groups is 2. The van der Waals surface area contributed by atoms with Gasteiger partial charge < -0.3 is 15.6 Å². The summed E-state index contributed by atoms with van der Waals surface area (Å²) in [5.74, 6) is -1.66. The molecule has 3 aromatic rings. The Morgan fingerprint density at radius 3 is 2.68 bits per heavy atom. The molecule has 2 aromatic carbocycles. The van der Waals surface area contributed by atoms with Gasteiger partial charge in [-0.15, -0.1) is 0 Å². The van der Waals surface area contributed by atoms with E-state index >= 15 is 0 Å². The van der Waals surface area contributed by atoms with Gasteiger partial charge in [-0.25, -0.2) is 8.78 Å². The molecule has 5 nitrogen and oxygen atoms in total. The fourth-order valence-electron chi connectivity index (χ4n) is 2.42. The highest BCUT2D eigenvalue weighted by Gasteiger charge is 2.14. The molecule has 3 rings (SSSR count). The van der Waals surface area contributed by atoms with Gasteiger partial charge in [0.25, 0.3) is 6.43 Å². The average Bonchev–Trinajstić information content (AvgIpc) is 3.07. The lowest BCUT2D eigenvalue weighted by Crippen LogP contribution is -2.34. The molecule has 0 spiro atoms. The Hall–Kier alpha value is -3.22. The van der Waals surface area contributed by atoms with E-state index in [0.29, 0.717) is 11.3 Å². The highest BCUT2D eigenvalue weighted by Crippen LogP contribution is 2.19. The molecule has 0 saturated carbocycles. The Morgan fingerprint density at radius 1 is 1.04 bits per heavy atom. The molecule has 0 aliphatic carbocycles. The maximum absolute atomic E-state index is 12.7. The zero-order valence-corrected chi connectivity index (χ0v) is 13.1. The van der Waals surface area contributed by atoms with Gasteiger partial charge in [0.05, 0.1) is 0 Å². The summed E-state index contributed by atoms with van der Waals surface area (Å²) in [5.41, 5.74) is 1.78. The number of H-pyrrole nitrogens is 1. The number of rotatable bonds is 4. The molecule has 0 atom stereocenters. The molecule has 1 heterocycles. The van der Waals surface area contributed by atoms with Crippen LogP contribution in [0.25, 0.3) is 10.9 Å². The molecule has 2 amide bonds. The van der Waals surface area contributed by atoms with Gasteiger partial charge in [-0.1, -0.05) is 18.2 Å². The van der Waals surface area contributed by atoms with Crippen LogP contribution in [0.5, 0.6) is 0 Å². The largest absolute Gasteiger partial charge is 0.361 e. The molecule has 1 aromatic heterocycles. The molecule has 7 heteroatoms. The Morgan fingerprint density at radius 2 is 1.88 bits per heavy atom. The van der Waals surface area contributed by atoms with Crippen LogP contribution in [0.4, 0.5) is 14.5 Å². The number of nitrogens with one attached hydrogen (secondary N) is 3. The van der Waals surface area contributed by atoms with Gasteiger partial charge in [0.15, 0.2) is 0 Å². The number of carbonyl (C=O) groups excluding carboxylic acids is 2. The van der Waals surface area contributed by atoms with Crippen molar-refractivity contribution in [2.24, 2.45) is 0 Å². The molecular formula is C18H15F2N3O2. The highest BCUT2D eigenvalue weighted by molar-refractivity contribution is 6.39. The minimum absolute atomic E-state index is 0.0103. The molecule has 0 radical (unpaired) electrons. The van der Waals surface area contributed by atoms with Crippen molar-refractivity contribution in [3.63, 3.8) is 0 Å². The zero-order chi connectivity index (χ0) is 17.8. The molecule has 128 valence electrons. The van der Waals surface area contributed by atoms with Crippen LogP contribution in [-0.2, 0) is 16.1 Å². The quantitative estimate of drug-likeness (QED) is 0.636. The van der Waals surface area contributed by atoms with Crippen molar-refractivity contribution >= 4 is 28.4 Å². The number of hydrogen-bond donors (Lipinski definition) is 3. The van der Waals surface area contributed by atoms with Crippen LogP contribution in [0.15, 0.2) is 54.7 Å². The topological polar surface area (TPSA) is 74.0 Å². The lowest BCUT2D eigenvalue weighted by atomic mass is 10.1.